The topological polar surface area (TPSA) is 74.1 Å². The van der Waals surface area contributed by atoms with E-state index in [9.17, 15) is 9.90 Å². The fraction of sp³-hybridized carbons (Fsp3) is 0.724. The molecule has 2 fully saturated rings. The number of benzene rings is 1. The molecule has 1 aromatic carbocycles. The molecule has 1 unspecified atom stereocenters. The van der Waals surface area contributed by atoms with Crippen molar-refractivity contribution in [1.82, 2.24) is 24.3 Å². The summed E-state index contributed by atoms with van der Waals surface area (Å²) in [5.74, 6) is 2.32. The number of amides is 1. The molecule has 8 nitrogen and oxygen atoms in total. The summed E-state index contributed by atoms with van der Waals surface area (Å²) < 4.78 is 8.75. The van der Waals surface area contributed by atoms with E-state index in [1.165, 1.54) is 25.7 Å². The van der Waals surface area contributed by atoms with Gasteiger partial charge in [0.15, 0.2) is 0 Å². The molecular formula is C29H47N5O3. The highest BCUT2D eigenvalue weighted by molar-refractivity contribution is 5.78. The predicted octanol–water partition coefficient (Wildman–Crippen LogP) is 5.79. The molecule has 37 heavy (non-hydrogen) atoms. The largest absolute Gasteiger partial charge is 0.493 e. The van der Waals surface area contributed by atoms with Gasteiger partial charge in [-0.1, -0.05) is 33.6 Å². The Morgan fingerprint density at radius 2 is 1.84 bits per heavy atom. The SMILES string of the molecule is CCCCC(N1CCCC1)n1c(C2CCN(C(=O)O)CC2)nc2ccc(OCCCN(CC)CC)cc21. The van der Waals surface area contributed by atoms with E-state index in [-0.39, 0.29) is 12.1 Å². The maximum atomic E-state index is 11.5. The van der Waals surface area contributed by atoms with Gasteiger partial charge in [0.05, 0.1) is 23.8 Å². The van der Waals surface area contributed by atoms with Crippen molar-refractivity contribution < 1.29 is 14.6 Å². The van der Waals surface area contributed by atoms with E-state index in [0.29, 0.717) is 19.7 Å². The molecule has 3 heterocycles. The third-order valence-electron chi connectivity index (χ3n) is 8.28. The van der Waals surface area contributed by atoms with E-state index in [4.69, 9.17) is 9.72 Å². The molecule has 0 radical (unpaired) electrons. The number of carboxylic acid groups (broad SMARTS) is 1. The van der Waals surface area contributed by atoms with Crippen LogP contribution in [0.2, 0.25) is 0 Å². The molecule has 2 saturated heterocycles. The van der Waals surface area contributed by atoms with E-state index in [1.807, 2.05) is 0 Å². The zero-order chi connectivity index (χ0) is 26.2. The summed E-state index contributed by atoms with van der Waals surface area (Å²) in [6.07, 6.45) is 8.10. The first kappa shape index (κ1) is 27.7. The second-order valence-corrected chi connectivity index (χ2v) is 10.6. The molecule has 2 aliphatic rings. The number of ether oxygens (including phenoxy) is 1. The van der Waals surface area contributed by atoms with Crippen LogP contribution in [0, 0.1) is 0 Å². The van der Waals surface area contributed by atoms with E-state index >= 15 is 0 Å². The van der Waals surface area contributed by atoms with Crippen LogP contribution in [0.25, 0.3) is 11.0 Å². The Labute approximate surface area is 222 Å². The van der Waals surface area contributed by atoms with Crippen LogP contribution in [-0.2, 0) is 0 Å². The molecule has 0 bridgehead atoms. The lowest BCUT2D eigenvalue weighted by molar-refractivity contribution is 0.127. The van der Waals surface area contributed by atoms with Gasteiger partial charge in [-0.3, -0.25) is 4.90 Å². The van der Waals surface area contributed by atoms with E-state index in [1.54, 1.807) is 4.90 Å². The number of imidazole rings is 1. The molecule has 0 saturated carbocycles. The third-order valence-corrected chi connectivity index (χ3v) is 8.28. The predicted molar refractivity (Wildman–Crippen MR) is 149 cm³/mol. The molecule has 8 heteroatoms. The summed E-state index contributed by atoms with van der Waals surface area (Å²) in [5.41, 5.74) is 2.18. The summed E-state index contributed by atoms with van der Waals surface area (Å²) in [5, 5.41) is 9.45. The minimum atomic E-state index is -0.812. The molecule has 0 spiro atoms. The summed E-state index contributed by atoms with van der Waals surface area (Å²) in [7, 11) is 0. The number of hydrogen-bond donors (Lipinski definition) is 1. The second kappa shape index (κ2) is 13.5. The first-order chi connectivity index (χ1) is 18.0. The highest BCUT2D eigenvalue weighted by Gasteiger charge is 2.32. The molecule has 206 valence electrons. The Balaban J connectivity index is 1.63. The number of unbranched alkanes of at least 4 members (excludes halogenated alkanes) is 1. The average Bonchev–Trinajstić information content (AvgIpc) is 3.58. The van der Waals surface area contributed by atoms with Crippen molar-refractivity contribution >= 4 is 17.1 Å². The number of piperidine rings is 1. The van der Waals surface area contributed by atoms with Gasteiger partial charge in [-0.2, -0.15) is 0 Å². The van der Waals surface area contributed by atoms with Crippen LogP contribution in [0.5, 0.6) is 5.75 Å². The van der Waals surface area contributed by atoms with Crippen molar-refractivity contribution in [2.45, 2.75) is 84.2 Å². The van der Waals surface area contributed by atoms with Gasteiger partial charge in [0.1, 0.15) is 11.6 Å². The molecule has 1 N–H and O–H groups in total. The zero-order valence-electron chi connectivity index (χ0n) is 23.2. The van der Waals surface area contributed by atoms with Gasteiger partial charge < -0.3 is 24.2 Å². The van der Waals surface area contributed by atoms with Gasteiger partial charge in [-0.25, -0.2) is 9.78 Å². The van der Waals surface area contributed by atoms with Crippen LogP contribution in [0.15, 0.2) is 18.2 Å². The van der Waals surface area contributed by atoms with Gasteiger partial charge in [-0.05, 0) is 63.7 Å². The fourth-order valence-corrected chi connectivity index (χ4v) is 6.03. The maximum absolute atomic E-state index is 11.5. The molecule has 1 amide bonds. The molecule has 4 rings (SSSR count). The van der Waals surface area contributed by atoms with Crippen molar-refractivity contribution in [2.75, 3.05) is 52.4 Å². The summed E-state index contributed by atoms with van der Waals surface area (Å²) in [4.78, 5) is 23.3. The standard InChI is InChI=1S/C29H47N5O3/c1-4-7-11-27(32-17-8-9-18-32)34-26-22-24(37-21-10-16-31(5-2)6-3)12-13-25(26)30-28(34)23-14-19-33(20-15-23)29(35)36/h12-13,22-23,27H,4-11,14-21H2,1-3H3,(H,35,36). The van der Waals surface area contributed by atoms with Crippen molar-refractivity contribution in [3.63, 3.8) is 0 Å². The number of nitrogens with zero attached hydrogens (tertiary/aromatic N) is 5. The number of carbonyl (C=O) groups is 1. The summed E-state index contributed by atoms with van der Waals surface area (Å²) in [6, 6.07) is 6.37. The van der Waals surface area contributed by atoms with Gasteiger partial charge >= 0.3 is 6.09 Å². The lowest BCUT2D eigenvalue weighted by atomic mass is 9.96. The van der Waals surface area contributed by atoms with Gasteiger partial charge in [0, 0.05) is 44.7 Å². The Kier molecular flexibility index (Phi) is 10.1. The molecular weight excluding hydrogens is 466 g/mol. The molecule has 2 aliphatic heterocycles. The van der Waals surface area contributed by atoms with Crippen LogP contribution in [-0.4, -0.2) is 87.9 Å². The van der Waals surface area contributed by atoms with Crippen molar-refractivity contribution in [2.24, 2.45) is 0 Å². The molecule has 0 aliphatic carbocycles. The molecule has 2 aromatic rings. The number of fused-ring (bicyclic) bond motifs is 1. The van der Waals surface area contributed by atoms with Crippen molar-refractivity contribution in [3.8, 4) is 5.75 Å². The first-order valence-electron chi connectivity index (χ1n) is 14.6. The first-order valence-corrected chi connectivity index (χ1v) is 14.6. The second-order valence-electron chi connectivity index (χ2n) is 10.6. The van der Waals surface area contributed by atoms with Crippen LogP contribution < -0.4 is 4.74 Å². The molecule has 1 aromatic heterocycles. The van der Waals surface area contributed by atoms with Crippen LogP contribution in [0.1, 0.15) is 90.0 Å². The van der Waals surface area contributed by atoms with Gasteiger partial charge in [0.2, 0.25) is 0 Å². The third kappa shape index (κ3) is 6.77. The smallest absolute Gasteiger partial charge is 0.407 e. The highest BCUT2D eigenvalue weighted by atomic mass is 16.5. The minimum absolute atomic E-state index is 0.271. The number of likely N-dealkylation sites (tertiary alicyclic amines) is 2. The average molecular weight is 514 g/mol. The summed E-state index contributed by atoms with van der Waals surface area (Å²) in [6.45, 7) is 14.0. The monoisotopic (exact) mass is 513 g/mol. The fourth-order valence-electron chi connectivity index (χ4n) is 6.03. The highest BCUT2D eigenvalue weighted by Crippen LogP contribution is 2.37. The zero-order valence-corrected chi connectivity index (χ0v) is 23.2. The normalized spacial score (nSPS) is 18.2. The Bertz CT molecular complexity index is 991. The molecule has 1 atom stereocenters. The quantitative estimate of drug-likeness (QED) is 0.342. The lowest BCUT2D eigenvalue weighted by Gasteiger charge is -2.34. The van der Waals surface area contributed by atoms with Gasteiger partial charge in [0.25, 0.3) is 0 Å². The van der Waals surface area contributed by atoms with Crippen molar-refractivity contribution in [1.29, 1.82) is 0 Å². The van der Waals surface area contributed by atoms with Crippen LogP contribution in [0.3, 0.4) is 0 Å². The van der Waals surface area contributed by atoms with E-state index in [0.717, 1.165) is 81.0 Å². The van der Waals surface area contributed by atoms with E-state index in [2.05, 4.69) is 53.3 Å². The number of rotatable bonds is 13. The Morgan fingerprint density at radius 3 is 2.49 bits per heavy atom. The Morgan fingerprint density at radius 1 is 1.11 bits per heavy atom. The van der Waals surface area contributed by atoms with Crippen LogP contribution in [0.4, 0.5) is 4.79 Å². The lowest BCUT2D eigenvalue weighted by Crippen LogP contribution is -2.38. The number of hydrogen-bond acceptors (Lipinski definition) is 5. The van der Waals surface area contributed by atoms with Crippen molar-refractivity contribution in [3.05, 3.63) is 24.0 Å². The number of aromatic nitrogens is 2. The maximum Gasteiger partial charge on any atom is 0.407 e. The minimum Gasteiger partial charge on any atom is -0.493 e. The van der Waals surface area contributed by atoms with Gasteiger partial charge in [-0.15, -0.1) is 0 Å². The van der Waals surface area contributed by atoms with Crippen LogP contribution >= 0.6 is 0 Å². The van der Waals surface area contributed by atoms with E-state index < -0.39 is 6.09 Å². The summed E-state index contributed by atoms with van der Waals surface area (Å²) >= 11 is 0. The Hall–Kier alpha value is -2.32.